The van der Waals surface area contributed by atoms with Gasteiger partial charge in [-0.3, -0.25) is 14.6 Å². The second-order valence-corrected chi connectivity index (χ2v) is 5.33. The van der Waals surface area contributed by atoms with Crippen molar-refractivity contribution in [2.75, 3.05) is 0 Å². The number of thioether (sulfide) groups is 1. The van der Waals surface area contributed by atoms with Gasteiger partial charge in [0, 0.05) is 17.0 Å². The van der Waals surface area contributed by atoms with Crippen molar-refractivity contribution in [3.8, 4) is 0 Å². The van der Waals surface area contributed by atoms with Crippen LogP contribution in [0.25, 0.3) is 0 Å². The van der Waals surface area contributed by atoms with Gasteiger partial charge in [0.15, 0.2) is 5.17 Å². The lowest BCUT2D eigenvalue weighted by atomic mass is 10.2. The Balaban J connectivity index is 2.10. The average Bonchev–Trinajstić information content (AvgIpc) is 2.27. The first-order valence-electron chi connectivity index (χ1n) is 5.40. The van der Waals surface area contributed by atoms with Crippen LogP contribution in [0.3, 0.4) is 0 Å². The number of nitrogens with zero attached hydrogens (tertiary/aromatic N) is 1. The van der Waals surface area contributed by atoms with Gasteiger partial charge < -0.3 is 5.32 Å². The van der Waals surface area contributed by atoms with Gasteiger partial charge in [0.05, 0.1) is 6.04 Å². The van der Waals surface area contributed by atoms with E-state index in [0.29, 0.717) is 22.2 Å². The van der Waals surface area contributed by atoms with Crippen molar-refractivity contribution in [2.24, 2.45) is 4.99 Å². The quantitative estimate of drug-likeness (QED) is 0.861. The third-order valence-electron chi connectivity index (χ3n) is 2.31. The van der Waals surface area contributed by atoms with Crippen LogP contribution in [-0.4, -0.2) is 22.2 Å². The number of hydrogen-bond acceptors (Lipinski definition) is 4. The Bertz CT molecular complexity index is 531. The molecule has 4 nitrogen and oxygen atoms in total. The molecule has 0 spiro atoms. The Hall–Kier alpha value is -1.33. The Labute approximate surface area is 114 Å². The van der Waals surface area contributed by atoms with Gasteiger partial charge in [0.2, 0.25) is 11.0 Å². The van der Waals surface area contributed by atoms with E-state index >= 15 is 0 Å². The number of carbonyl (C=O) groups excluding carboxylic acids is 2. The van der Waals surface area contributed by atoms with E-state index in [1.54, 1.807) is 24.3 Å². The summed E-state index contributed by atoms with van der Waals surface area (Å²) < 4.78 is 0. The second-order valence-electron chi connectivity index (χ2n) is 3.94. The average molecular weight is 283 g/mol. The van der Waals surface area contributed by atoms with Crippen LogP contribution in [0.1, 0.15) is 23.7 Å². The fraction of sp³-hybridized carbons (Fsp3) is 0.250. The van der Waals surface area contributed by atoms with E-state index in [2.05, 4.69) is 10.3 Å². The van der Waals surface area contributed by atoms with E-state index in [1.807, 2.05) is 6.92 Å². The zero-order valence-corrected chi connectivity index (χ0v) is 11.2. The Morgan fingerprint density at radius 3 is 3.00 bits per heavy atom. The molecule has 6 heteroatoms. The summed E-state index contributed by atoms with van der Waals surface area (Å²) in [6.45, 7) is 1.84. The lowest BCUT2D eigenvalue weighted by molar-refractivity contribution is -0.120. The predicted molar refractivity (Wildman–Crippen MR) is 73.0 cm³/mol. The van der Waals surface area contributed by atoms with E-state index in [9.17, 15) is 9.59 Å². The van der Waals surface area contributed by atoms with Crippen molar-refractivity contribution in [3.63, 3.8) is 0 Å². The Kier molecular flexibility index (Phi) is 4.04. The van der Waals surface area contributed by atoms with Crippen LogP contribution in [0, 0.1) is 0 Å². The molecule has 94 valence electrons. The fourth-order valence-corrected chi connectivity index (χ4v) is 2.54. The Morgan fingerprint density at radius 2 is 2.33 bits per heavy atom. The molecule has 1 aromatic carbocycles. The first-order valence-corrected chi connectivity index (χ1v) is 6.59. The lowest BCUT2D eigenvalue weighted by Gasteiger charge is -2.16. The van der Waals surface area contributed by atoms with Crippen molar-refractivity contribution in [3.05, 3.63) is 34.9 Å². The molecular formula is C12H11ClN2O2S. The van der Waals surface area contributed by atoms with Crippen molar-refractivity contribution in [1.82, 2.24) is 5.32 Å². The monoisotopic (exact) mass is 282 g/mol. The van der Waals surface area contributed by atoms with Gasteiger partial charge in [-0.1, -0.05) is 23.7 Å². The molecule has 0 fully saturated rings. The van der Waals surface area contributed by atoms with E-state index in [1.165, 1.54) is 0 Å². The highest BCUT2D eigenvalue weighted by Gasteiger charge is 2.20. The number of benzene rings is 1. The molecule has 1 heterocycles. The summed E-state index contributed by atoms with van der Waals surface area (Å²) in [4.78, 5) is 27.5. The topological polar surface area (TPSA) is 58.5 Å². The summed E-state index contributed by atoms with van der Waals surface area (Å²) in [7, 11) is 0. The van der Waals surface area contributed by atoms with Crippen molar-refractivity contribution in [1.29, 1.82) is 0 Å². The van der Waals surface area contributed by atoms with E-state index in [-0.39, 0.29) is 17.1 Å². The summed E-state index contributed by atoms with van der Waals surface area (Å²) in [6.07, 6.45) is 0.357. The molecule has 18 heavy (non-hydrogen) atoms. The van der Waals surface area contributed by atoms with Crippen LogP contribution in [0.5, 0.6) is 0 Å². The highest BCUT2D eigenvalue weighted by Crippen LogP contribution is 2.19. The normalized spacial score (nSPS) is 19.1. The highest BCUT2D eigenvalue weighted by atomic mass is 35.5. The molecule has 1 amide bonds. The summed E-state index contributed by atoms with van der Waals surface area (Å²) in [5.41, 5.74) is 0.489. The highest BCUT2D eigenvalue weighted by molar-refractivity contribution is 8.26. The minimum atomic E-state index is -0.189. The molecule has 2 rings (SSSR count). The van der Waals surface area contributed by atoms with Gasteiger partial charge in [-0.25, -0.2) is 0 Å². The van der Waals surface area contributed by atoms with E-state index in [4.69, 9.17) is 11.6 Å². The van der Waals surface area contributed by atoms with Crippen molar-refractivity contribution < 1.29 is 9.59 Å². The zero-order chi connectivity index (χ0) is 13.1. The summed E-state index contributed by atoms with van der Waals surface area (Å²) in [5.74, 6) is -0.112. The maximum Gasteiger partial charge on any atom is 0.228 e. The molecule has 0 aliphatic carbocycles. The van der Waals surface area contributed by atoms with E-state index in [0.717, 1.165) is 11.8 Å². The maximum absolute atomic E-state index is 12.0. The first kappa shape index (κ1) is 13.1. The number of nitrogens with one attached hydrogen (secondary N) is 1. The molecule has 0 aromatic heterocycles. The predicted octanol–water partition coefficient (Wildman–Crippen LogP) is 2.48. The third-order valence-corrected chi connectivity index (χ3v) is 3.37. The van der Waals surface area contributed by atoms with Crippen molar-refractivity contribution >= 4 is 39.6 Å². The summed E-state index contributed by atoms with van der Waals surface area (Å²) in [6, 6.07) is 6.58. The van der Waals surface area contributed by atoms with Crippen LogP contribution in [-0.2, 0) is 4.79 Å². The molecule has 1 aliphatic heterocycles. The minimum Gasteiger partial charge on any atom is -0.305 e. The van der Waals surface area contributed by atoms with Gasteiger partial charge in [0.25, 0.3) is 0 Å². The number of carbonyl (C=O) groups is 2. The number of amides is 1. The molecule has 1 aromatic rings. The summed E-state index contributed by atoms with van der Waals surface area (Å²) in [5, 5.41) is 3.25. The van der Waals surface area contributed by atoms with Crippen LogP contribution in [0.2, 0.25) is 5.02 Å². The third kappa shape index (κ3) is 3.34. The molecule has 1 unspecified atom stereocenters. The Morgan fingerprint density at radius 1 is 1.56 bits per heavy atom. The molecule has 0 saturated carbocycles. The van der Waals surface area contributed by atoms with Crippen LogP contribution in [0.4, 0.5) is 0 Å². The minimum absolute atomic E-state index is 0.0894. The SMILES string of the molecule is CC1CC(=O)NC(SC(=O)c2cccc(Cl)c2)=N1. The number of hydrogen-bond donors (Lipinski definition) is 1. The smallest absolute Gasteiger partial charge is 0.228 e. The zero-order valence-electron chi connectivity index (χ0n) is 9.64. The van der Waals surface area contributed by atoms with Gasteiger partial charge in [-0.15, -0.1) is 0 Å². The van der Waals surface area contributed by atoms with Crippen LogP contribution >= 0.6 is 23.4 Å². The van der Waals surface area contributed by atoms with Gasteiger partial charge >= 0.3 is 0 Å². The number of amidine groups is 1. The van der Waals surface area contributed by atoms with Crippen molar-refractivity contribution in [2.45, 2.75) is 19.4 Å². The second kappa shape index (κ2) is 5.54. The molecular weight excluding hydrogens is 272 g/mol. The molecule has 1 N–H and O–H groups in total. The fourth-order valence-electron chi connectivity index (χ4n) is 1.53. The van der Waals surface area contributed by atoms with Crippen LogP contribution in [0.15, 0.2) is 29.3 Å². The molecule has 1 aliphatic rings. The largest absolute Gasteiger partial charge is 0.305 e. The number of halogens is 1. The van der Waals surface area contributed by atoms with Gasteiger partial charge in [-0.2, -0.15) is 0 Å². The van der Waals surface area contributed by atoms with E-state index < -0.39 is 0 Å². The number of rotatable bonds is 1. The number of aliphatic imine (C=N–C) groups is 1. The molecule has 0 bridgehead atoms. The maximum atomic E-state index is 12.0. The molecule has 0 saturated heterocycles. The molecule has 0 radical (unpaired) electrons. The van der Waals surface area contributed by atoms with Gasteiger partial charge in [-0.05, 0) is 30.8 Å². The van der Waals surface area contributed by atoms with Gasteiger partial charge in [0.1, 0.15) is 0 Å². The van der Waals surface area contributed by atoms with Crippen LogP contribution < -0.4 is 5.32 Å². The first-order chi connectivity index (χ1) is 8.54. The lowest BCUT2D eigenvalue weighted by Crippen LogP contribution is -2.36. The summed E-state index contributed by atoms with van der Waals surface area (Å²) >= 11 is 6.73. The standard InChI is InChI=1S/C12H11ClN2O2S/c1-7-5-10(16)15-12(14-7)18-11(17)8-3-2-4-9(13)6-8/h2-4,6-7H,5H2,1H3,(H,14,15,16). The molecule has 1 atom stereocenters.